The molecule has 0 amide bonds. The van der Waals surface area contributed by atoms with Crippen LogP contribution < -0.4 is 5.32 Å². The number of nitrogens with zero attached hydrogens (tertiary/aromatic N) is 2. The van der Waals surface area contributed by atoms with E-state index >= 15 is 0 Å². The lowest BCUT2D eigenvalue weighted by Crippen LogP contribution is -2.41. The molecule has 0 bridgehead atoms. The Morgan fingerprint density at radius 3 is 2.88 bits per heavy atom. The molecule has 26 heavy (non-hydrogen) atoms. The summed E-state index contributed by atoms with van der Waals surface area (Å²) in [7, 11) is 2.61. The number of likely N-dealkylation sites (tertiary alicyclic amines) is 1. The summed E-state index contributed by atoms with van der Waals surface area (Å²) in [5, 5.41) is 3.35. The number of guanidine groups is 1. The number of nitrogens with one attached hydrogen (secondary N) is 1. The Morgan fingerprint density at radius 2 is 2.15 bits per heavy atom. The van der Waals surface area contributed by atoms with E-state index in [-0.39, 0.29) is 0 Å². The van der Waals surface area contributed by atoms with E-state index in [0.717, 1.165) is 37.6 Å². The minimum atomic E-state index is -0.872. The predicted molar refractivity (Wildman–Crippen MR) is 107 cm³/mol. The van der Waals surface area contributed by atoms with Crippen LogP contribution in [-0.2, 0) is 26.0 Å². The molecule has 1 aromatic carbocycles. The second-order valence-corrected chi connectivity index (χ2v) is 7.99. The summed E-state index contributed by atoms with van der Waals surface area (Å²) < 4.78 is 22.8. The highest BCUT2D eigenvalue weighted by Gasteiger charge is 2.24. The van der Waals surface area contributed by atoms with Crippen LogP contribution in [0.2, 0.25) is 0 Å². The monoisotopic (exact) mass is 381 g/mol. The molecule has 6 nitrogen and oxygen atoms in total. The highest BCUT2D eigenvalue weighted by Crippen LogP contribution is 2.16. The van der Waals surface area contributed by atoms with Crippen LogP contribution in [0.25, 0.3) is 0 Å². The number of hydrogen-bond acceptors (Lipinski definition) is 4. The first-order valence-corrected chi connectivity index (χ1v) is 10.6. The van der Waals surface area contributed by atoms with Gasteiger partial charge >= 0.3 is 0 Å². The standard InChI is InChI=1S/C19H31N3O3S/c1-20-19(22-10-8-18(14-22)15-25-12-11-24-2)21-9-13-26(23)16-17-6-4-3-5-7-17/h3-7,18H,8-16H2,1-2H3,(H,20,21). The van der Waals surface area contributed by atoms with Crippen molar-refractivity contribution in [3.63, 3.8) is 0 Å². The summed E-state index contributed by atoms with van der Waals surface area (Å²) in [6, 6.07) is 9.97. The minimum Gasteiger partial charge on any atom is -0.382 e. The van der Waals surface area contributed by atoms with Crippen LogP contribution in [0.1, 0.15) is 12.0 Å². The van der Waals surface area contributed by atoms with Crippen LogP contribution in [0.15, 0.2) is 35.3 Å². The molecule has 1 heterocycles. The third-order valence-corrected chi connectivity index (χ3v) is 5.68. The molecule has 2 rings (SSSR count). The Kier molecular flexibility index (Phi) is 9.66. The van der Waals surface area contributed by atoms with Crippen LogP contribution in [-0.4, -0.2) is 74.4 Å². The van der Waals surface area contributed by atoms with Gasteiger partial charge in [-0.2, -0.15) is 0 Å². The van der Waals surface area contributed by atoms with Crippen LogP contribution in [0, 0.1) is 5.92 Å². The maximum Gasteiger partial charge on any atom is 0.193 e. The van der Waals surface area contributed by atoms with E-state index in [1.165, 1.54) is 0 Å². The third kappa shape index (κ3) is 7.43. The average Bonchev–Trinajstić information content (AvgIpc) is 3.12. The molecule has 0 saturated carbocycles. The number of benzene rings is 1. The normalized spacial score (nSPS) is 18.9. The molecule has 2 atom stereocenters. The number of ether oxygens (including phenoxy) is 2. The molecule has 0 spiro atoms. The smallest absolute Gasteiger partial charge is 0.193 e. The second-order valence-electron chi connectivity index (χ2n) is 6.42. The maximum atomic E-state index is 12.2. The summed E-state index contributed by atoms with van der Waals surface area (Å²) in [5.74, 6) is 2.63. The van der Waals surface area contributed by atoms with Gasteiger partial charge in [-0.1, -0.05) is 30.3 Å². The van der Waals surface area contributed by atoms with Gasteiger partial charge in [0.05, 0.1) is 19.8 Å². The summed E-state index contributed by atoms with van der Waals surface area (Å²) >= 11 is 0. The minimum absolute atomic E-state index is 0.526. The van der Waals surface area contributed by atoms with E-state index in [1.807, 2.05) is 30.3 Å². The molecular weight excluding hydrogens is 350 g/mol. The number of hydrogen-bond donors (Lipinski definition) is 1. The molecule has 1 aliphatic rings. The zero-order valence-corrected chi connectivity index (χ0v) is 16.7. The molecule has 0 aliphatic carbocycles. The van der Waals surface area contributed by atoms with Crippen molar-refractivity contribution in [1.29, 1.82) is 0 Å². The van der Waals surface area contributed by atoms with Gasteiger partial charge in [0.15, 0.2) is 5.96 Å². The van der Waals surface area contributed by atoms with Crippen LogP contribution in [0.4, 0.5) is 0 Å². The van der Waals surface area contributed by atoms with Crippen molar-refractivity contribution in [1.82, 2.24) is 10.2 Å². The van der Waals surface area contributed by atoms with Gasteiger partial charge in [-0.15, -0.1) is 0 Å². The molecule has 1 aromatic rings. The van der Waals surface area contributed by atoms with Crippen LogP contribution in [0.5, 0.6) is 0 Å². The highest BCUT2D eigenvalue weighted by molar-refractivity contribution is 7.84. The van der Waals surface area contributed by atoms with E-state index in [2.05, 4.69) is 15.2 Å². The van der Waals surface area contributed by atoms with Gasteiger partial charge in [-0.3, -0.25) is 9.20 Å². The van der Waals surface area contributed by atoms with E-state index in [0.29, 0.717) is 37.2 Å². The van der Waals surface area contributed by atoms with Crippen LogP contribution >= 0.6 is 0 Å². The van der Waals surface area contributed by atoms with Gasteiger partial charge in [-0.05, 0) is 12.0 Å². The van der Waals surface area contributed by atoms with E-state index < -0.39 is 10.8 Å². The molecule has 0 aromatic heterocycles. The van der Waals surface area contributed by atoms with Gasteiger partial charge in [-0.25, -0.2) is 0 Å². The second kappa shape index (κ2) is 12.0. The Morgan fingerprint density at radius 1 is 1.35 bits per heavy atom. The Labute approximate surface area is 159 Å². The van der Waals surface area contributed by atoms with Crippen molar-refractivity contribution in [2.24, 2.45) is 10.9 Å². The third-order valence-electron chi connectivity index (χ3n) is 4.37. The van der Waals surface area contributed by atoms with Gasteiger partial charge in [0.1, 0.15) is 0 Å². The van der Waals surface area contributed by atoms with Gasteiger partial charge in [0, 0.05) is 62.0 Å². The van der Waals surface area contributed by atoms with Gasteiger partial charge in [0.25, 0.3) is 0 Å². The summed E-state index contributed by atoms with van der Waals surface area (Å²) in [6.07, 6.45) is 1.10. The fourth-order valence-electron chi connectivity index (χ4n) is 2.99. The van der Waals surface area contributed by atoms with Crippen molar-refractivity contribution in [2.75, 3.05) is 59.4 Å². The Bertz CT molecular complexity index is 568. The zero-order chi connectivity index (χ0) is 18.6. The first kappa shape index (κ1) is 20.9. The molecule has 1 fully saturated rings. The molecule has 7 heteroatoms. The number of methoxy groups -OCH3 is 1. The lowest BCUT2D eigenvalue weighted by molar-refractivity contribution is 0.0536. The number of rotatable bonds is 10. The fraction of sp³-hybridized carbons (Fsp3) is 0.632. The van der Waals surface area contributed by atoms with Crippen LogP contribution in [0.3, 0.4) is 0 Å². The molecule has 2 unspecified atom stereocenters. The average molecular weight is 382 g/mol. The molecule has 0 radical (unpaired) electrons. The topological polar surface area (TPSA) is 63.2 Å². The molecule has 146 valence electrons. The van der Waals surface area contributed by atoms with E-state index in [4.69, 9.17) is 9.47 Å². The molecular formula is C19H31N3O3S. The van der Waals surface area contributed by atoms with E-state index in [9.17, 15) is 4.21 Å². The van der Waals surface area contributed by atoms with Crippen molar-refractivity contribution < 1.29 is 13.7 Å². The summed E-state index contributed by atoms with van der Waals surface area (Å²) in [5.41, 5.74) is 1.12. The van der Waals surface area contributed by atoms with Crippen molar-refractivity contribution in [2.45, 2.75) is 12.2 Å². The lowest BCUT2D eigenvalue weighted by Gasteiger charge is -2.21. The van der Waals surface area contributed by atoms with Gasteiger partial charge < -0.3 is 19.7 Å². The highest BCUT2D eigenvalue weighted by atomic mass is 32.2. The van der Waals surface area contributed by atoms with Crippen molar-refractivity contribution in [3.8, 4) is 0 Å². The Balaban J connectivity index is 1.65. The van der Waals surface area contributed by atoms with Crippen molar-refractivity contribution >= 4 is 16.8 Å². The Hall–Kier alpha value is -1.44. The van der Waals surface area contributed by atoms with Crippen molar-refractivity contribution in [3.05, 3.63) is 35.9 Å². The summed E-state index contributed by atoms with van der Waals surface area (Å²) in [4.78, 5) is 6.62. The first-order chi connectivity index (χ1) is 12.7. The summed E-state index contributed by atoms with van der Waals surface area (Å²) in [6.45, 7) is 4.63. The van der Waals surface area contributed by atoms with E-state index in [1.54, 1.807) is 14.2 Å². The number of aliphatic imine (C=N–C) groups is 1. The molecule has 1 N–H and O–H groups in total. The van der Waals surface area contributed by atoms with Gasteiger partial charge in [0.2, 0.25) is 0 Å². The fourth-order valence-corrected chi connectivity index (χ4v) is 4.03. The predicted octanol–water partition coefficient (Wildman–Crippen LogP) is 1.50. The largest absolute Gasteiger partial charge is 0.382 e. The molecule has 1 aliphatic heterocycles. The molecule has 1 saturated heterocycles. The maximum absolute atomic E-state index is 12.2. The SMILES string of the molecule is CN=C(NCCS(=O)Cc1ccccc1)N1CCC(COCCOC)C1. The zero-order valence-electron chi connectivity index (χ0n) is 15.9. The quantitative estimate of drug-likeness (QED) is 0.378. The first-order valence-electron chi connectivity index (χ1n) is 9.14. The lowest BCUT2D eigenvalue weighted by atomic mass is 10.1.